The Morgan fingerprint density at radius 3 is 2.76 bits per heavy atom. The first kappa shape index (κ1) is 16.1. The molecule has 6 heteroatoms. The zero-order valence-electron chi connectivity index (χ0n) is 14.8. The van der Waals surface area contributed by atoms with Crippen LogP contribution >= 0.6 is 0 Å². The molecular formula is C19H24N4O2. The predicted octanol–water partition coefficient (Wildman–Crippen LogP) is 2.70. The van der Waals surface area contributed by atoms with E-state index in [1.165, 1.54) is 0 Å². The number of H-pyrrole nitrogens is 1. The molecule has 1 saturated heterocycles. The number of nitrogens with zero attached hydrogens (tertiary/aromatic N) is 3. The molecule has 0 aromatic carbocycles. The Kier molecular flexibility index (Phi) is 3.78. The van der Waals surface area contributed by atoms with Crippen LogP contribution in [-0.4, -0.2) is 50.2 Å². The van der Waals surface area contributed by atoms with Crippen LogP contribution in [0.4, 0.5) is 0 Å². The highest BCUT2D eigenvalue weighted by molar-refractivity contribution is 6.08. The molecule has 1 fully saturated rings. The summed E-state index contributed by atoms with van der Waals surface area (Å²) in [5.74, 6) is 0.301. The number of aromatic amines is 1. The summed E-state index contributed by atoms with van der Waals surface area (Å²) in [6, 6.07) is 1.83. The lowest BCUT2D eigenvalue weighted by atomic mass is 9.81. The minimum Gasteiger partial charge on any atom is -0.346 e. The van der Waals surface area contributed by atoms with Gasteiger partial charge in [0.05, 0.1) is 5.56 Å². The van der Waals surface area contributed by atoms with Gasteiger partial charge in [-0.15, -0.1) is 0 Å². The molecule has 2 aromatic heterocycles. The molecule has 6 nitrogen and oxygen atoms in total. The zero-order chi connectivity index (χ0) is 17.6. The van der Waals surface area contributed by atoms with E-state index in [-0.39, 0.29) is 17.4 Å². The first-order valence-electron chi connectivity index (χ1n) is 9.14. The second-order valence-electron chi connectivity index (χ2n) is 7.10. The van der Waals surface area contributed by atoms with Gasteiger partial charge < -0.3 is 14.8 Å². The van der Waals surface area contributed by atoms with Gasteiger partial charge in [-0.05, 0) is 30.9 Å². The number of likely N-dealkylation sites (tertiary alicyclic amines) is 1. The van der Waals surface area contributed by atoms with E-state index in [0.717, 1.165) is 54.5 Å². The molecule has 4 rings (SSSR count). The summed E-state index contributed by atoms with van der Waals surface area (Å²) in [6.45, 7) is 6.14. The van der Waals surface area contributed by atoms with E-state index in [2.05, 4.69) is 16.9 Å². The van der Waals surface area contributed by atoms with Gasteiger partial charge in [0, 0.05) is 49.4 Å². The summed E-state index contributed by atoms with van der Waals surface area (Å²) in [6.07, 6.45) is 6.80. The van der Waals surface area contributed by atoms with Gasteiger partial charge in [0.25, 0.3) is 5.91 Å². The van der Waals surface area contributed by atoms with Crippen LogP contribution in [0.2, 0.25) is 0 Å². The molecule has 0 spiro atoms. The number of aromatic nitrogens is 2. The number of nitrogens with one attached hydrogen (secondary N) is 1. The highest BCUT2D eigenvalue weighted by Gasteiger charge is 2.44. The SMILES string of the molecule is CCC(=O)N1CCC(CC)(N2Cc3c[nH]c4nccc(c34)C2=O)CC1. The summed E-state index contributed by atoms with van der Waals surface area (Å²) in [7, 11) is 0. The Morgan fingerprint density at radius 1 is 1.32 bits per heavy atom. The summed E-state index contributed by atoms with van der Waals surface area (Å²) in [4.78, 5) is 36.7. The van der Waals surface area contributed by atoms with Crippen molar-refractivity contribution in [1.29, 1.82) is 0 Å². The van der Waals surface area contributed by atoms with Gasteiger partial charge in [-0.1, -0.05) is 13.8 Å². The molecule has 2 aliphatic rings. The van der Waals surface area contributed by atoms with Crippen molar-refractivity contribution < 1.29 is 9.59 Å². The first-order chi connectivity index (χ1) is 12.1. The van der Waals surface area contributed by atoms with Gasteiger partial charge >= 0.3 is 0 Å². The molecule has 2 aromatic rings. The summed E-state index contributed by atoms with van der Waals surface area (Å²) in [5, 5.41) is 0.966. The zero-order valence-corrected chi connectivity index (χ0v) is 14.8. The lowest BCUT2D eigenvalue weighted by molar-refractivity contribution is -0.133. The van der Waals surface area contributed by atoms with Gasteiger partial charge in [0.15, 0.2) is 0 Å². The maximum atomic E-state index is 13.2. The van der Waals surface area contributed by atoms with E-state index in [0.29, 0.717) is 13.0 Å². The molecule has 4 heterocycles. The Balaban J connectivity index is 1.65. The number of piperidine rings is 1. The number of rotatable bonds is 3. The lowest BCUT2D eigenvalue weighted by Gasteiger charge is -2.49. The van der Waals surface area contributed by atoms with Crippen molar-refractivity contribution in [2.75, 3.05) is 13.1 Å². The van der Waals surface area contributed by atoms with Crippen molar-refractivity contribution in [3.63, 3.8) is 0 Å². The first-order valence-corrected chi connectivity index (χ1v) is 9.14. The predicted molar refractivity (Wildman–Crippen MR) is 95.1 cm³/mol. The Morgan fingerprint density at radius 2 is 2.08 bits per heavy atom. The van der Waals surface area contributed by atoms with Gasteiger partial charge in [-0.3, -0.25) is 9.59 Å². The third-order valence-corrected chi connectivity index (χ3v) is 6.04. The number of carbonyl (C=O) groups is 2. The highest BCUT2D eigenvalue weighted by Crippen LogP contribution is 2.39. The Hall–Kier alpha value is -2.37. The average Bonchev–Trinajstić information content (AvgIpc) is 3.08. The molecule has 1 N–H and O–H groups in total. The van der Waals surface area contributed by atoms with Gasteiger partial charge in [0.2, 0.25) is 5.91 Å². The Bertz CT molecular complexity index is 833. The van der Waals surface area contributed by atoms with Gasteiger partial charge in [-0.25, -0.2) is 4.98 Å². The Labute approximate surface area is 147 Å². The van der Waals surface area contributed by atoms with Crippen molar-refractivity contribution >= 4 is 22.8 Å². The summed E-state index contributed by atoms with van der Waals surface area (Å²) < 4.78 is 0. The molecule has 0 unspecified atom stereocenters. The number of hydrogen-bond donors (Lipinski definition) is 1. The van der Waals surface area contributed by atoms with Crippen LogP contribution in [-0.2, 0) is 11.3 Å². The number of amides is 2. The number of pyridine rings is 1. The van der Waals surface area contributed by atoms with E-state index in [1.54, 1.807) is 6.20 Å². The highest BCUT2D eigenvalue weighted by atomic mass is 16.2. The fourth-order valence-corrected chi connectivity index (χ4v) is 4.41. The van der Waals surface area contributed by atoms with Crippen LogP contribution in [0.1, 0.15) is 55.5 Å². The van der Waals surface area contributed by atoms with Gasteiger partial charge in [-0.2, -0.15) is 0 Å². The van der Waals surface area contributed by atoms with E-state index >= 15 is 0 Å². The second kappa shape index (κ2) is 5.86. The van der Waals surface area contributed by atoms with Crippen LogP contribution in [0.5, 0.6) is 0 Å². The quantitative estimate of drug-likeness (QED) is 0.934. The topological polar surface area (TPSA) is 69.3 Å². The van der Waals surface area contributed by atoms with Crippen molar-refractivity contribution in [2.24, 2.45) is 0 Å². The minimum atomic E-state index is -0.174. The molecule has 0 radical (unpaired) electrons. The van der Waals surface area contributed by atoms with E-state index < -0.39 is 0 Å². The third kappa shape index (κ3) is 2.34. The summed E-state index contributed by atoms with van der Waals surface area (Å²) in [5.41, 5.74) is 2.49. The van der Waals surface area contributed by atoms with Crippen molar-refractivity contribution in [3.05, 3.63) is 29.6 Å². The lowest BCUT2D eigenvalue weighted by Crippen LogP contribution is -2.58. The maximum absolute atomic E-state index is 13.2. The molecule has 132 valence electrons. The van der Waals surface area contributed by atoms with E-state index in [9.17, 15) is 9.59 Å². The largest absolute Gasteiger partial charge is 0.346 e. The number of carbonyl (C=O) groups excluding carboxylic acids is 2. The van der Waals surface area contributed by atoms with Crippen molar-refractivity contribution in [1.82, 2.24) is 19.8 Å². The monoisotopic (exact) mass is 340 g/mol. The molecular weight excluding hydrogens is 316 g/mol. The maximum Gasteiger partial charge on any atom is 0.255 e. The van der Waals surface area contributed by atoms with Crippen LogP contribution in [0.3, 0.4) is 0 Å². The molecule has 25 heavy (non-hydrogen) atoms. The molecule has 2 aliphatic heterocycles. The normalized spacial score (nSPS) is 19.5. The van der Waals surface area contributed by atoms with Crippen molar-refractivity contribution in [2.45, 2.75) is 51.6 Å². The molecule has 2 amide bonds. The number of hydrogen-bond acceptors (Lipinski definition) is 3. The molecule has 0 saturated carbocycles. The molecule has 0 atom stereocenters. The third-order valence-electron chi connectivity index (χ3n) is 6.04. The van der Waals surface area contributed by atoms with E-state index in [1.807, 2.05) is 29.0 Å². The van der Waals surface area contributed by atoms with Gasteiger partial charge in [0.1, 0.15) is 5.65 Å². The fourth-order valence-electron chi connectivity index (χ4n) is 4.41. The van der Waals surface area contributed by atoms with Crippen molar-refractivity contribution in [3.8, 4) is 0 Å². The standard InChI is InChI=1S/C19H24N4O2/c1-3-15(24)22-9-6-19(4-2,7-10-22)23-12-13-11-21-17-16(13)14(18(23)25)5-8-20-17/h5,8,11H,3-4,6-7,9-10,12H2,1-2H3,(H,20,21). The van der Waals surface area contributed by atoms with Crippen LogP contribution in [0.15, 0.2) is 18.5 Å². The summed E-state index contributed by atoms with van der Waals surface area (Å²) >= 11 is 0. The fraction of sp³-hybridized carbons (Fsp3) is 0.526. The average molecular weight is 340 g/mol. The second-order valence-corrected chi connectivity index (χ2v) is 7.10. The van der Waals surface area contributed by atoms with Crippen LogP contribution in [0, 0.1) is 0 Å². The van der Waals surface area contributed by atoms with Crippen LogP contribution in [0.25, 0.3) is 11.0 Å². The molecule has 0 bridgehead atoms. The minimum absolute atomic E-state index is 0.0941. The smallest absolute Gasteiger partial charge is 0.255 e. The molecule has 0 aliphatic carbocycles. The van der Waals surface area contributed by atoms with Crippen LogP contribution < -0.4 is 0 Å². The van der Waals surface area contributed by atoms with E-state index in [4.69, 9.17) is 0 Å².